The molecule has 8 heteroatoms. The Morgan fingerprint density at radius 3 is 2.46 bits per heavy atom. The first kappa shape index (κ1) is 22.2. The number of carbonyl (C=O) groups is 1. The van der Waals surface area contributed by atoms with Gasteiger partial charge in [0.15, 0.2) is 5.96 Å². The maximum absolute atomic E-state index is 12.1. The van der Waals surface area contributed by atoms with E-state index >= 15 is 0 Å². The SMILES string of the molecule is CCNC(=NCc1ccsc1)NCCNC(=O)c1ccc(OC)cc1.I. The first-order chi connectivity index (χ1) is 12.2. The lowest BCUT2D eigenvalue weighted by Gasteiger charge is -2.12. The molecule has 0 saturated carbocycles. The Bertz CT molecular complexity index is 675. The highest BCUT2D eigenvalue weighted by atomic mass is 127. The van der Waals surface area contributed by atoms with E-state index in [2.05, 4.69) is 32.4 Å². The lowest BCUT2D eigenvalue weighted by atomic mass is 10.2. The number of nitrogens with one attached hydrogen (secondary N) is 3. The number of methoxy groups -OCH3 is 1. The van der Waals surface area contributed by atoms with Crippen LogP contribution in [0.3, 0.4) is 0 Å². The summed E-state index contributed by atoms with van der Waals surface area (Å²) in [4.78, 5) is 16.6. The monoisotopic (exact) mass is 488 g/mol. The van der Waals surface area contributed by atoms with Crippen molar-refractivity contribution in [2.24, 2.45) is 4.99 Å². The summed E-state index contributed by atoms with van der Waals surface area (Å²) in [5.74, 6) is 1.37. The van der Waals surface area contributed by atoms with Gasteiger partial charge in [-0.2, -0.15) is 11.3 Å². The van der Waals surface area contributed by atoms with Crippen molar-refractivity contribution in [1.82, 2.24) is 16.0 Å². The molecule has 0 atom stereocenters. The van der Waals surface area contributed by atoms with E-state index in [1.54, 1.807) is 42.7 Å². The molecule has 26 heavy (non-hydrogen) atoms. The van der Waals surface area contributed by atoms with Crippen molar-refractivity contribution in [2.45, 2.75) is 13.5 Å². The fourth-order valence-corrected chi connectivity index (χ4v) is 2.76. The molecule has 0 saturated heterocycles. The summed E-state index contributed by atoms with van der Waals surface area (Å²) in [5, 5.41) is 13.4. The third kappa shape index (κ3) is 7.61. The van der Waals surface area contributed by atoms with Crippen molar-refractivity contribution in [3.63, 3.8) is 0 Å². The van der Waals surface area contributed by atoms with Gasteiger partial charge in [-0.25, -0.2) is 4.99 Å². The molecule has 0 aliphatic heterocycles. The van der Waals surface area contributed by atoms with Crippen molar-refractivity contribution in [3.8, 4) is 5.75 Å². The Morgan fingerprint density at radius 1 is 1.12 bits per heavy atom. The fraction of sp³-hybridized carbons (Fsp3) is 0.333. The smallest absolute Gasteiger partial charge is 0.251 e. The van der Waals surface area contributed by atoms with Crippen molar-refractivity contribution in [3.05, 3.63) is 52.2 Å². The number of guanidine groups is 1. The van der Waals surface area contributed by atoms with Gasteiger partial charge in [-0.15, -0.1) is 24.0 Å². The summed E-state index contributed by atoms with van der Waals surface area (Å²) in [6.07, 6.45) is 0. The molecule has 2 rings (SSSR count). The number of thiophene rings is 1. The number of carbonyl (C=O) groups excluding carboxylic acids is 1. The Labute approximate surface area is 175 Å². The van der Waals surface area contributed by atoms with E-state index in [0.717, 1.165) is 18.3 Å². The molecule has 6 nitrogen and oxygen atoms in total. The predicted molar refractivity (Wildman–Crippen MR) is 118 cm³/mol. The summed E-state index contributed by atoms with van der Waals surface area (Å²) >= 11 is 1.66. The fourth-order valence-electron chi connectivity index (χ4n) is 2.10. The highest BCUT2D eigenvalue weighted by Crippen LogP contribution is 2.10. The molecule has 2 aromatic rings. The molecular formula is C18H25IN4O2S. The minimum absolute atomic E-state index is 0. The number of halogens is 1. The zero-order valence-corrected chi connectivity index (χ0v) is 18.1. The number of nitrogens with zero attached hydrogens (tertiary/aromatic N) is 1. The van der Waals surface area contributed by atoms with E-state index in [9.17, 15) is 4.79 Å². The third-order valence-electron chi connectivity index (χ3n) is 3.40. The van der Waals surface area contributed by atoms with Crippen LogP contribution in [0.25, 0.3) is 0 Å². The van der Waals surface area contributed by atoms with Crippen LogP contribution >= 0.6 is 35.3 Å². The average Bonchev–Trinajstić information content (AvgIpc) is 3.16. The summed E-state index contributed by atoms with van der Waals surface area (Å²) < 4.78 is 5.09. The molecular weight excluding hydrogens is 463 g/mol. The van der Waals surface area contributed by atoms with Gasteiger partial charge < -0.3 is 20.7 Å². The molecule has 0 radical (unpaired) electrons. The highest BCUT2D eigenvalue weighted by molar-refractivity contribution is 14.0. The zero-order valence-electron chi connectivity index (χ0n) is 15.0. The van der Waals surface area contributed by atoms with E-state index in [-0.39, 0.29) is 29.9 Å². The maximum atomic E-state index is 12.1. The van der Waals surface area contributed by atoms with Crippen molar-refractivity contribution in [2.75, 3.05) is 26.7 Å². The van der Waals surface area contributed by atoms with Crippen LogP contribution < -0.4 is 20.7 Å². The molecule has 0 fully saturated rings. The first-order valence-electron chi connectivity index (χ1n) is 8.18. The number of benzene rings is 1. The molecule has 3 N–H and O–H groups in total. The number of hydrogen-bond acceptors (Lipinski definition) is 4. The van der Waals surface area contributed by atoms with Crippen LogP contribution in [0.15, 0.2) is 46.1 Å². The number of rotatable bonds is 8. The molecule has 0 aliphatic carbocycles. The van der Waals surface area contributed by atoms with Crippen LogP contribution in [-0.2, 0) is 6.54 Å². The topological polar surface area (TPSA) is 74.8 Å². The predicted octanol–water partition coefficient (Wildman–Crippen LogP) is 2.86. The Hall–Kier alpha value is -1.81. The molecule has 1 amide bonds. The van der Waals surface area contributed by atoms with Crippen molar-refractivity contribution >= 4 is 47.2 Å². The van der Waals surface area contributed by atoms with E-state index in [1.807, 2.05) is 12.3 Å². The van der Waals surface area contributed by atoms with Gasteiger partial charge in [0.1, 0.15) is 5.75 Å². The Balaban J connectivity index is 0.00000338. The number of aliphatic imine (C=N–C) groups is 1. The second-order valence-electron chi connectivity index (χ2n) is 5.24. The summed E-state index contributed by atoms with van der Waals surface area (Å²) in [7, 11) is 1.60. The molecule has 0 bridgehead atoms. The van der Waals surface area contributed by atoms with Gasteiger partial charge in [0.05, 0.1) is 13.7 Å². The quantitative estimate of drug-likeness (QED) is 0.231. The standard InChI is InChI=1S/C18H24N4O2S.HI/c1-3-19-18(22-12-14-8-11-25-13-14)21-10-9-20-17(23)15-4-6-16(24-2)7-5-15;/h4-8,11,13H,3,9-10,12H2,1-2H3,(H,20,23)(H2,19,21,22);1H. The van der Waals surface area contributed by atoms with Crippen molar-refractivity contribution in [1.29, 1.82) is 0 Å². The van der Waals surface area contributed by atoms with E-state index < -0.39 is 0 Å². The minimum atomic E-state index is -0.107. The van der Waals surface area contributed by atoms with Crippen molar-refractivity contribution < 1.29 is 9.53 Å². The first-order valence-corrected chi connectivity index (χ1v) is 9.12. The number of amides is 1. The average molecular weight is 488 g/mol. The number of ether oxygens (including phenoxy) is 1. The van der Waals surface area contributed by atoms with E-state index in [0.29, 0.717) is 25.2 Å². The lowest BCUT2D eigenvalue weighted by Crippen LogP contribution is -2.41. The summed E-state index contributed by atoms with van der Waals surface area (Å²) in [5.41, 5.74) is 1.80. The van der Waals surface area contributed by atoms with Crippen LogP contribution in [-0.4, -0.2) is 38.6 Å². The van der Waals surface area contributed by atoms with Crippen LogP contribution in [0.2, 0.25) is 0 Å². The van der Waals surface area contributed by atoms with Crippen LogP contribution in [0.1, 0.15) is 22.8 Å². The van der Waals surface area contributed by atoms with Gasteiger partial charge in [0.25, 0.3) is 5.91 Å². The third-order valence-corrected chi connectivity index (χ3v) is 4.13. The largest absolute Gasteiger partial charge is 0.497 e. The van der Waals surface area contributed by atoms with Crippen LogP contribution in [0, 0.1) is 0 Å². The van der Waals surface area contributed by atoms with E-state index in [1.165, 1.54) is 5.56 Å². The number of hydrogen-bond donors (Lipinski definition) is 3. The molecule has 1 aromatic carbocycles. The van der Waals surface area contributed by atoms with Gasteiger partial charge in [0.2, 0.25) is 0 Å². The molecule has 1 heterocycles. The summed E-state index contributed by atoms with van der Waals surface area (Å²) in [6, 6.07) is 9.09. The molecule has 142 valence electrons. The van der Waals surface area contributed by atoms with Crippen LogP contribution in [0.5, 0.6) is 5.75 Å². The van der Waals surface area contributed by atoms with Crippen LogP contribution in [0.4, 0.5) is 0 Å². The van der Waals surface area contributed by atoms with Gasteiger partial charge in [-0.3, -0.25) is 4.79 Å². The normalized spacial score (nSPS) is 10.6. The second-order valence-corrected chi connectivity index (χ2v) is 6.02. The van der Waals surface area contributed by atoms with Gasteiger partial charge in [-0.05, 0) is 53.6 Å². The Morgan fingerprint density at radius 2 is 1.85 bits per heavy atom. The van der Waals surface area contributed by atoms with Gasteiger partial charge in [0, 0.05) is 25.2 Å². The minimum Gasteiger partial charge on any atom is -0.497 e. The molecule has 0 spiro atoms. The second kappa shape index (κ2) is 12.5. The molecule has 0 unspecified atom stereocenters. The highest BCUT2D eigenvalue weighted by Gasteiger charge is 2.05. The van der Waals surface area contributed by atoms with E-state index in [4.69, 9.17) is 4.74 Å². The maximum Gasteiger partial charge on any atom is 0.251 e. The summed E-state index contributed by atoms with van der Waals surface area (Å²) in [6.45, 7) is 4.54. The van der Waals surface area contributed by atoms with Gasteiger partial charge >= 0.3 is 0 Å². The lowest BCUT2D eigenvalue weighted by molar-refractivity contribution is 0.0954. The van der Waals surface area contributed by atoms with Gasteiger partial charge in [-0.1, -0.05) is 0 Å². The Kier molecular flexibility index (Phi) is 10.7. The molecule has 1 aromatic heterocycles. The molecule has 0 aliphatic rings. The zero-order chi connectivity index (χ0) is 17.9.